The molecule has 1 unspecified atom stereocenters. The van der Waals surface area contributed by atoms with Gasteiger partial charge in [-0.25, -0.2) is 27.3 Å². The molecule has 0 amide bonds. The highest BCUT2D eigenvalue weighted by atomic mass is 35.5. The molecule has 0 aliphatic rings. The molecule has 0 fully saturated rings. The smallest absolute Gasteiger partial charge is 0.223 e. The molecule has 3 rings (SSSR count). The largest absolute Gasteiger partial charge is 0.383 e. The van der Waals surface area contributed by atoms with Crippen LogP contribution in [0.25, 0.3) is 11.5 Å². The summed E-state index contributed by atoms with van der Waals surface area (Å²) in [7, 11) is -3.96. The first-order valence-corrected chi connectivity index (χ1v) is 10.2. The molecule has 0 radical (unpaired) electrons. The molecule has 13 heteroatoms. The predicted molar refractivity (Wildman–Crippen MR) is 99.1 cm³/mol. The van der Waals surface area contributed by atoms with E-state index in [0.29, 0.717) is 6.07 Å². The zero-order chi connectivity index (χ0) is 21.4. The third kappa shape index (κ3) is 5.09. The van der Waals surface area contributed by atoms with Gasteiger partial charge in [-0.15, -0.1) is 10.2 Å². The third-order valence-electron chi connectivity index (χ3n) is 3.87. The van der Waals surface area contributed by atoms with E-state index in [2.05, 4.69) is 20.4 Å². The van der Waals surface area contributed by atoms with Crippen LogP contribution < -0.4 is 5.14 Å². The molecule has 0 aliphatic heterocycles. The maximum absolute atomic E-state index is 13.9. The normalized spacial score (nSPS) is 14.0. The summed E-state index contributed by atoms with van der Waals surface area (Å²) >= 11 is 5.67. The lowest BCUT2D eigenvalue weighted by Crippen LogP contribution is -2.35. The Balaban J connectivity index is 1.87. The maximum Gasteiger partial charge on any atom is 0.223 e. The van der Waals surface area contributed by atoms with Crippen LogP contribution in [0.3, 0.4) is 0 Å². The first-order valence-electron chi connectivity index (χ1n) is 8.06. The lowest BCUT2D eigenvalue weighted by molar-refractivity contribution is 0.0773. The number of pyridine rings is 1. The van der Waals surface area contributed by atoms with Crippen molar-refractivity contribution in [2.45, 2.75) is 19.1 Å². The molecule has 0 spiro atoms. The van der Waals surface area contributed by atoms with Crippen LogP contribution >= 0.6 is 11.6 Å². The highest BCUT2D eigenvalue weighted by Gasteiger charge is 2.30. The van der Waals surface area contributed by atoms with Crippen LogP contribution in [0.15, 0.2) is 30.3 Å². The number of aliphatic hydroxyl groups is 1. The lowest BCUT2D eigenvalue weighted by Gasteiger charge is -2.21. The Hall–Kier alpha value is -2.54. The Morgan fingerprint density at radius 2 is 2.00 bits per heavy atom. The fourth-order valence-corrected chi connectivity index (χ4v) is 3.69. The molecule has 2 aromatic heterocycles. The minimum Gasteiger partial charge on any atom is -0.383 e. The number of aromatic nitrogens is 5. The Morgan fingerprint density at radius 1 is 1.28 bits per heavy atom. The van der Waals surface area contributed by atoms with Crippen molar-refractivity contribution < 1.29 is 22.3 Å². The number of tetrazole rings is 1. The molecule has 0 aliphatic carbocycles. The van der Waals surface area contributed by atoms with Gasteiger partial charge in [-0.2, -0.15) is 4.80 Å². The van der Waals surface area contributed by atoms with Crippen molar-refractivity contribution in [2.24, 2.45) is 5.14 Å². The van der Waals surface area contributed by atoms with E-state index in [9.17, 15) is 22.3 Å². The number of nitrogens with two attached hydrogens (primary N) is 1. The molecular formula is C16H15ClF2N6O3S. The van der Waals surface area contributed by atoms with Gasteiger partial charge in [0.1, 0.15) is 22.9 Å². The lowest BCUT2D eigenvalue weighted by atomic mass is 10.0. The van der Waals surface area contributed by atoms with Crippen molar-refractivity contribution in [3.63, 3.8) is 0 Å². The zero-order valence-corrected chi connectivity index (χ0v) is 16.5. The first kappa shape index (κ1) is 21.2. The van der Waals surface area contributed by atoms with Crippen LogP contribution in [-0.4, -0.2) is 44.5 Å². The number of hydrogen-bond donors (Lipinski definition) is 2. The number of nitrogens with zero attached hydrogens (tertiary/aromatic N) is 5. The van der Waals surface area contributed by atoms with E-state index in [1.165, 1.54) is 25.1 Å². The first-order chi connectivity index (χ1) is 13.4. The molecule has 0 saturated heterocycles. The number of benzene rings is 1. The summed E-state index contributed by atoms with van der Waals surface area (Å²) in [5.41, 5.74) is -1.55. The van der Waals surface area contributed by atoms with Crippen LogP contribution in [0.2, 0.25) is 5.02 Å². The van der Waals surface area contributed by atoms with Gasteiger partial charge >= 0.3 is 0 Å². The fraction of sp³-hybridized carbons (Fsp3) is 0.250. The second-order valence-corrected chi connectivity index (χ2v) is 8.51. The van der Waals surface area contributed by atoms with E-state index in [1.807, 2.05) is 0 Å². The van der Waals surface area contributed by atoms with Gasteiger partial charge in [0.15, 0.2) is 0 Å². The summed E-state index contributed by atoms with van der Waals surface area (Å²) in [6.45, 7) is 1.09. The van der Waals surface area contributed by atoms with Gasteiger partial charge in [0.2, 0.25) is 15.8 Å². The molecule has 3 aromatic rings. The second kappa shape index (κ2) is 7.71. The van der Waals surface area contributed by atoms with Crippen LogP contribution in [0.4, 0.5) is 8.78 Å². The van der Waals surface area contributed by atoms with Gasteiger partial charge in [0.05, 0.1) is 23.0 Å². The van der Waals surface area contributed by atoms with Gasteiger partial charge in [-0.05, 0) is 30.3 Å². The summed E-state index contributed by atoms with van der Waals surface area (Å²) in [5, 5.41) is 26.8. The topological polar surface area (TPSA) is 137 Å². The molecule has 0 bridgehead atoms. The van der Waals surface area contributed by atoms with Crippen molar-refractivity contribution in [1.82, 2.24) is 25.2 Å². The SMILES string of the molecule is CC(O)(CS(N)(=O)=O)c1cccc(-c2nnn(Cc3cc(Cl)c(F)cc3F)n2)n1. The fourth-order valence-electron chi connectivity index (χ4n) is 2.57. The van der Waals surface area contributed by atoms with Crippen LogP contribution in [0.1, 0.15) is 18.2 Å². The van der Waals surface area contributed by atoms with Gasteiger partial charge in [0.25, 0.3) is 0 Å². The molecule has 9 nitrogen and oxygen atoms in total. The minimum absolute atomic E-state index is 0.0386. The maximum atomic E-state index is 13.9. The highest BCUT2D eigenvalue weighted by Crippen LogP contribution is 2.23. The van der Waals surface area contributed by atoms with Crippen molar-refractivity contribution in [3.05, 3.63) is 58.2 Å². The molecule has 0 saturated carbocycles. The molecular weight excluding hydrogens is 430 g/mol. The monoisotopic (exact) mass is 444 g/mol. The number of rotatable bonds is 6. The van der Waals surface area contributed by atoms with Crippen LogP contribution in [-0.2, 0) is 22.2 Å². The third-order valence-corrected chi connectivity index (χ3v) is 5.12. The van der Waals surface area contributed by atoms with Gasteiger partial charge in [-0.1, -0.05) is 17.7 Å². The van der Waals surface area contributed by atoms with E-state index in [1.54, 1.807) is 0 Å². The Labute approximate surface area is 169 Å². The van der Waals surface area contributed by atoms with Gasteiger partial charge < -0.3 is 5.11 Å². The standard InChI is InChI=1S/C16H15ClF2N6O3S/c1-16(26,8-29(20,27)28)14-4-2-3-13(21-14)15-22-24-25(23-15)7-9-5-10(17)12(19)6-11(9)18/h2-6,26H,7-8H2,1H3,(H2,20,27,28). The summed E-state index contributed by atoms with van der Waals surface area (Å²) in [6, 6.07) is 6.25. The Kier molecular flexibility index (Phi) is 5.63. The minimum atomic E-state index is -3.96. The number of sulfonamides is 1. The number of halogens is 3. The summed E-state index contributed by atoms with van der Waals surface area (Å²) in [6.07, 6.45) is 0. The summed E-state index contributed by atoms with van der Waals surface area (Å²) in [4.78, 5) is 5.22. The van der Waals surface area contributed by atoms with Crippen molar-refractivity contribution in [1.29, 1.82) is 0 Å². The van der Waals surface area contributed by atoms with Crippen molar-refractivity contribution in [3.8, 4) is 11.5 Å². The number of hydrogen-bond acceptors (Lipinski definition) is 7. The quantitative estimate of drug-likeness (QED) is 0.545. The average molecular weight is 445 g/mol. The van der Waals surface area contributed by atoms with Gasteiger partial charge in [0, 0.05) is 11.6 Å². The zero-order valence-electron chi connectivity index (χ0n) is 14.9. The van der Waals surface area contributed by atoms with E-state index in [0.717, 1.165) is 10.9 Å². The summed E-state index contributed by atoms with van der Waals surface area (Å²) < 4.78 is 49.8. The number of primary sulfonamides is 1. The molecule has 29 heavy (non-hydrogen) atoms. The Bertz CT molecular complexity index is 1170. The molecule has 3 N–H and O–H groups in total. The molecule has 1 aromatic carbocycles. The van der Waals surface area contributed by atoms with Crippen LogP contribution in [0, 0.1) is 11.6 Å². The van der Waals surface area contributed by atoms with Crippen LogP contribution in [0.5, 0.6) is 0 Å². The van der Waals surface area contributed by atoms with E-state index in [4.69, 9.17) is 16.7 Å². The Morgan fingerprint density at radius 3 is 2.69 bits per heavy atom. The van der Waals surface area contributed by atoms with E-state index in [-0.39, 0.29) is 34.3 Å². The van der Waals surface area contributed by atoms with E-state index >= 15 is 0 Å². The second-order valence-electron chi connectivity index (χ2n) is 6.49. The van der Waals surface area contributed by atoms with Crippen molar-refractivity contribution >= 4 is 21.6 Å². The highest BCUT2D eigenvalue weighted by molar-refractivity contribution is 7.89. The average Bonchev–Trinajstić information content (AvgIpc) is 3.06. The predicted octanol–water partition coefficient (Wildman–Crippen LogP) is 1.21. The van der Waals surface area contributed by atoms with Gasteiger partial charge in [-0.3, -0.25) is 0 Å². The van der Waals surface area contributed by atoms with Crippen molar-refractivity contribution in [2.75, 3.05) is 5.75 Å². The summed E-state index contributed by atoms with van der Waals surface area (Å²) in [5.74, 6) is -2.38. The molecule has 1 atom stereocenters. The molecule has 2 heterocycles. The molecule has 154 valence electrons. The van der Waals surface area contributed by atoms with E-state index < -0.39 is 33.0 Å².